The van der Waals surface area contributed by atoms with Gasteiger partial charge in [0.25, 0.3) is 5.91 Å². The van der Waals surface area contributed by atoms with Crippen molar-refractivity contribution in [3.63, 3.8) is 0 Å². The van der Waals surface area contributed by atoms with Crippen LogP contribution in [0.3, 0.4) is 0 Å². The van der Waals surface area contributed by atoms with E-state index in [2.05, 4.69) is 62.7 Å². The third-order valence-corrected chi connectivity index (χ3v) is 6.92. The summed E-state index contributed by atoms with van der Waals surface area (Å²) in [6, 6.07) is 4.62. The van der Waals surface area contributed by atoms with E-state index >= 15 is 0 Å². The van der Waals surface area contributed by atoms with E-state index in [1.54, 1.807) is 4.90 Å². The van der Waals surface area contributed by atoms with E-state index < -0.39 is 0 Å². The molecule has 4 nitrogen and oxygen atoms in total. The van der Waals surface area contributed by atoms with Crippen molar-refractivity contribution in [3.8, 4) is 0 Å². The zero-order chi connectivity index (χ0) is 20.6. The highest BCUT2D eigenvalue weighted by Crippen LogP contribution is 2.44. The number of nitrogens with zero attached hydrogens (tertiary/aromatic N) is 3. The minimum atomic E-state index is 0.0705. The number of amidine groups is 1. The summed E-state index contributed by atoms with van der Waals surface area (Å²) in [6.07, 6.45) is 3.20. The van der Waals surface area contributed by atoms with Crippen LogP contribution in [0.25, 0.3) is 6.08 Å². The highest BCUT2D eigenvalue weighted by molar-refractivity contribution is 8.18. The van der Waals surface area contributed by atoms with E-state index in [-0.39, 0.29) is 11.4 Å². The molecule has 1 atom stereocenters. The number of aryl methyl sites for hydroxylation is 1. The van der Waals surface area contributed by atoms with Gasteiger partial charge < -0.3 is 4.90 Å². The first-order valence-corrected chi connectivity index (χ1v) is 11.2. The number of amides is 1. The second-order valence-corrected chi connectivity index (χ2v) is 9.36. The van der Waals surface area contributed by atoms with Gasteiger partial charge in [0.1, 0.15) is 0 Å². The van der Waals surface area contributed by atoms with Crippen LogP contribution in [0, 0.1) is 6.92 Å². The molecule has 1 amide bonds. The summed E-state index contributed by atoms with van der Waals surface area (Å²) in [4.78, 5) is 22.4. The van der Waals surface area contributed by atoms with Crippen molar-refractivity contribution < 1.29 is 4.79 Å². The Kier molecular flexibility index (Phi) is 5.95. The molecule has 1 aromatic carbocycles. The quantitative estimate of drug-likeness (QED) is 0.634. The third-order valence-electron chi connectivity index (χ3n) is 5.87. The van der Waals surface area contributed by atoms with Gasteiger partial charge in [-0.2, -0.15) is 0 Å². The van der Waals surface area contributed by atoms with Gasteiger partial charge in [-0.05, 0) is 101 Å². The monoisotopic (exact) mass is 399 g/mol. The fraction of sp³-hybridized carbons (Fsp3) is 0.565. The van der Waals surface area contributed by atoms with E-state index in [1.807, 2.05) is 13.8 Å². The predicted octanol–water partition coefficient (Wildman–Crippen LogP) is 5.42. The van der Waals surface area contributed by atoms with Crippen molar-refractivity contribution in [1.29, 1.82) is 0 Å². The van der Waals surface area contributed by atoms with Crippen LogP contribution in [0.15, 0.2) is 22.0 Å². The molecule has 0 aromatic heterocycles. The molecule has 2 heterocycles. The largest absolute Gasteiger partial charge is 0.366 e. The highest BCUT2D eigenvalue weighted by atomic mass is 32.2. The van der Waals surface area contributed by atoms with Gasteiger partial charge in [-0.1, -0.05) is 6.92 Å². The van der Waals surface area contributed by atoms with Crippen molar-refractivity contribution >= 4 is 34.6 Å². The van der Waals surface area contributed by atoms with Crippen LogP contribution >= 0.6 is 11.8 Å². The van der Waals surface area contributed by atoms with E-state index in [0.29, 0.717) is 19.0 Å². The molecule has 0 spiro atoms. The number of benzene rings is 1. The number of aliphatic imine (C=N–C) groups is 1. The number of thioether (sulfide) groups is 1. The molecule has 1 aromatic rings. The SMILES string of the molecule is CCN=C1S/C(=C\c2cc3c(cc2C)N(CC)C(C)(C)C[C@@H]3C)C(=O)N1CC. The molecule has 3 rings (SSSR count). The minimum absolute atomic E-state index is 0.0705. The summed E-state index contributed by atoms with van der Waals surface area (Å²) < 4.78 is 0. The summed E-state index contributed by atoms with van der Waals surface area (Å²) in [6.45, 7) is 17.7. The van der Waals surface area contributed by atoms with Crippen LogP contribution in [0.1, 0.15) is 70.6 Å². The minimum Gasteiger partial charge on any atom is -0.366 e. The number of carbonyl (C=O) groups excluding carboxylic acids is 1. The average Bonchev–Trinajstić information content (AvgIpc) is 2.91. The summed E-state index contributed by atoms with van der Waals surface area (Å²) in [5.74, 6) is 0.572. The number of fused-ring (bicyclic) bond motifs is 1. The molecular formula is C23H33N3OS. The number of likely N-dealkylation sites (N-methyl/N-ethyl adjacent to an activating group) is 1. The molecule has 0 N–H and O–H groups in total. The van der Waals surface area contributed by atoms with Gasteiger partial charge in [-0.25, -0.2) is 0 Å². The summed E-state index contributed by atoms with van der Waals surface area (Å²) in [5, 5.41) is 0.823. The first-order valence-electron chi connectivity index (χ1n) is 10.4. The Balaban J connectivity index is 2.04. The van der Waals surface area contributed by atoms with Gasteiger partial charge in [-0.3, -0.25) is 14.7 Å². The lowest BCUT2D eigenvalue weighted by Gasteiger charge is -2.47. The molecule has 2 aliphatic rings. The van der Waals surface area contributed by atoms with Crippen molar-refractivity contribution in [3.05, 3.63) is 33.7 Å². The van der Waals surface area contributed by atoms with Gasteiger partial charge >= 0.3 is 0 Å². The topological polar surface area (TPSA) is 35.9 Å². The Morgan fingerprint density at radius 1 is 1.25 bits per heavy atom. The number of hydrogen-bond donors (Lipinski definition) is 0. The number of carbonyl (C=O) groups is 1. The zero-order valence-corrected chi connectivity index (χ0v) is 19.1. The van der Waals surface area contributed by atoms with Gasteiger partial charge in [-0.15, -0.1) is 0 Å². The smallest absolute Gasteiger partial charge is 0.266 e. The van der Waals surface area contributed by atoms with Crippen molar-refractivity contribution in [2.24, 2.45) is 4.99 Å². The first kappa shape index (κ1) is 21.0. The molecule has 0 radical (unpaired) electrons. The van der Waals surface area contributed by atoms with Crippen molar-refractivity contribution in [2.45, 2.75) is 66.3 Å². The average molecular weight is 400 g/mol. The second-order valence-electron chi connectivity index (χ2n) is 8.35. The Labute approximate surface area is 174 Å². The third kappa shape index (κ3) is 3.61. The lowest BCUT2D eigenvalue weighted by Crippen LogP contribution is -2.48. The summed E-state index contributed by atoms with van der Waals surface area (Å²) in [5.41, 5.74) is 5.26. The van der Waals surface area contributed by atoms with Gasteiger partial charge in [0, 0.05) is 30.9 Å². The van der Waals surface area contributed by atoms with Crippen LogP contribution in [-0.2, 0) is 4.79 Å². The maximum Gasteiger partial charge on any atom is 0.266 e. The molecule has 0 saturated carbocycles. The molecule has 1 fully saturated rings. The molecular weight excluding hydrogens is 366 g/mol. The Bertz CT molecular complexity index is 840. The molecule has 0 unspecified atom stereocenters. The first-order chi connectivity index (χ1) is 13.2. The maximum absolute atomic E-state index is 12.8. The van der Waals surface area contributed by atoms with Crippen LogP contribution in [0.4, 0.5) is 5.69 Å². The summed E-state index contributed by atoms with van der Waals surface area (Å²) >= 11 is 1.50. The number of hydrogen-bond acceptors (Lipinski definition) is 4. The van der Waals surface area contributed by atoms with Gasteiger partial charge in [0.05, 0.1) is 4.91 Å². The van der Waals surface area contributed by atoms with Crippen molar-refractivity contribution in [2.75, 3.05) is 24.5 Å². The zero-order valence-electron chi connectivity index (χ0n) is 18.3. The molecule has 2 aliphatic heterocycles. The van der Waals surface area contributed by atoms with Gasteiger partial charge in [0.2, 0.25) is 0 Å². The normalized spacial score (nSPS) is 24.4. The molecule has 5 heteroatoms. The fourth-order valence-electron chi connectivity index (χ4n) is 4.59. The van der Waals surface area contributed by atoms with Gasteiger partial charge in [0.15, 0.2) is 5.17 Å². The molecule has 28 heavy (non-hydrogen) atoms. The fourth-order valence-corrected chi connectivity index (χ4v) is 5.68. The van der Waals surface area contributed by atoms with E-state index in [9.17, 15) is 4.79 Å². The molecule has 1 saturated heterocycles. The van der Waals surface area contributed by atoms with Crippen LogP contribution < -0.4 is 4.90 Å². The number of rotatable bonds is 4. The van der Waals surface area contributed by atoms with Crippen LogP contribution in [0.2, 0.25) is 0 Å². The Hall–Kier alpha value is -1.75. The van der Waals surface area contributed by atoms with Crippen LogP contribution in [0.5, 0.6) is 0 Å². The molecule has 0 bridgehead atoms. The second kappa shape index (κ2) is 7.94. The maximum atomic E-state index is 12.8. The van der Waals surface area contributed by atoms with E-state index in [1.165, 1.54) is 28.6 Å². The lowest BCUT2D eigenvalue weighted by atomic mass is 9.79. The standard InChI is InChI=1S/C23H33N3OS/c1-8-24-22-25(9-2)21(27)20(28-22)13-17-12-18-16(5)14-23(6,7)26(10-3)19(18)11-15(17)4/h11-13,16H,8-10,14H2,1-7H3/b20-13-,24-22?/t16-/m0/s1. The number of anilines is 1. The molecule has 0 aliphatic carbocycles. The highest BCUT2D eigenvalue weighted by Gasteiger charge is 2.36. The predicted molar refractivity (Wildman–Crippen MR) is 122 cm³/mol. The molecule has 152 valence electrons. The summed E-state index contributed by atoms with van der Waals surface area (Å²) in [7, 11) is 0. The van der Waals surface area contributed by atoms with Crippen LogP contribution in [-0.4, -0.2) is 41.1 Å². The Morgan fingerprint density at radius 3 is 2.57 bits per heavy atom. The van der Waals surface area contributed by atoms with E-state index in [0.717, 1.165) is 28.6 Å². The Morgan fingerprint density at radius 2 is 1.96 bits per heavy atom. The van der Waals surface area contributed by atoms with Crippen molar-refractivity contribution in [1.82, 2.24) is 4.90 Å². The lowest BCUT2D eigenvalue weighted by molar-refractivity contribution is -0.122. The van der Waals surface area contributed by atoms with E-state index in [4.69, 9.17) is 0 Å².